The summed E-state index contributed by atoms with van der Waals surface area (Å²) in [7, 11) is 0. The zero-order chi connectivity index (χ0) is 13.0. The molecule has 18 heavy (non-hydrogen) atoms. The van der Waals surface area contributed by atoms with E-state index in [-0.39, 0.29) is 0 Å². The highest BCUT2D eigenvalue weighted by Gasteiger charge is 2.25. The van der Waals surface area contributed by atoms with E-state index in [0.717, 1.165) is 29.1 Å². The van der Waals surface area contributed by atoms with Gasteiger partial charge in [-0.2, -0.15) is 0 Å². The third kappa shape index (κ3) is 3.28. The highest BCUT2D eigenvalue weighted by atomic mass is 32.2. The quantitative estimate of drug-likeness (QED) is 0.891. The number of nitrogens with zero attached hydrogens (tertiary/aromatic N) is 2. The summed E-state index contributed by atoms with van der Waals surface area (Å²) in [5, 5.41) is 8.87. The number of rotatable bonds is 5. The fraction of sp³-hybridized carbons (Fsp3) is 0.692. The first-order valence-corrected chi connectivity index (χ1v) is 7.48. The van der Waals surface area contributed by atoms with E-state index < -0.39 is 0 Å². The molecule has 1 atom stereocenters. The fourth-order valence-electron chi connectivity index (χ4n) is 2.21. The largest absolute Gasteiger partial charge is 0.359 e. The number of aliphatic imine (C=N–C) groups is 1. The molecule has 0 bridgehead atoms. The lowest BCUT2D eigenvalue weighted by Gasteiger charge is -2.18. The number of hydrogen-bond donors (Lipinski definition) is 1. The van der Waals surface area contributed by atoms with Gasteiger partial charge in [0.2, 0.25) is 0 Å². The molecule has 1 aromatic heterocycles. The number of thioether (sulfide) groups is 1. The van der Waals surface area contributed by atoms with Crippen LogP contribution < -0.4 is 5.32 Å². The summed E-state index contributed by atoms with van der Waals surface area (Å²) in [4.78, 5) is 4.56. The Labute approximate surface area is 113 Å². The minimum absolute atomic E-state index is 0.638. The lowest BCUT2D eigenvalue weighted by molar-refractivity contribution is 0.377. The van der Waals surface area contributed by atoms with Crippen molar-refractivity contribution in [1.29, 1.82) is 0 Å². The second-order valence-corrected chi connectivity index (χ2v) is 5.89. The van der Waals surface area contributed by atoms with Gasteiger partial charge in [0.15, 0.2) is 10.9 Å². The Bertz CT molecular complexity index is 412. The van der Waals surface area contributed by atoms with E-state index in [1.165, 1.54) is 12.8 Å². The van der Waals surface area contributed by atoms with Crippen LogP contribution in [-0.2, 0) is 6.54 Å². The molecule has 1 aliphatic heterocycles. The molecule has 1 N–H and O–H groups in total. The smallest absolute Gasteiger partial charge is 0.157 e. The molecule has 5 heteroatoms. The van der Waals surface area contributed by atoms with E-state index in [1.807, 2.05) is 24.8 Å². The molecule has 0 aliphatic carbocycles. The Morgan fingerprint density at radius 1 is 1.50 bits per heavy atom. The van der Waals surface area contributed by atoms with E-state index in [2.05, 4.69) is 29.3 Å². The van der Waals surface area contributed by atoms with E-state index >= 15 is 0 Å². The SMILES string of the molecule is CCC(CC)C1CN=C(NCc2cc(C)no2)S1. The molecular weight excluding hydrogens is 246 g/mol. The van der Waals surface area contributed by atoms with Crippen molar-refractivity contribution in [3.63, 3.8) is 0 Å². The van der Waals surface area contributed by atoms with Gasteiger partial charge in [0.05, 0.1) is 18.8 Å². The molecule has 0 amide bonds. The molecule has 0 saturated carbocycles. The summed E-state index contributed by atoms with van der Waals surface area (Å²) in [5.74, 6) is 1.63. The van der Waals surface area contributed by atoms with E-state index in [4.69, 9.17) is 4.52 Å². The van der Waals surface area contributed by atoms with Crippen LogP contribution in [0.2, 0.25) is 0 Å². The molecule has 1 unspecified atom stereocenters. The van der Waals surface area contributed by atoms with Crippen molar-refractivity contribution >= 4 is 16.9 Å². The van der Waals surface area contributed by atoms with Gasteiger partial charge in [-0.05, 0) is 12.8 Å². The van der Waals surface area contributed by atoms with Crippen molar-refractivity contribution in [3.05, 3.63) is 17.5 Å². The molecule has 0 saturated heterocycles. The summed E-state index contributed by atoms with van der Waals surface area (Å²) >= 11 is 1.87. The normalized spacial score (nSPS) is 19.3. The second kappa shape index (κ2) is 6.27. The van der Waals surface area contributed by atoms with Crippen LogP contribution in [0.3, 0.4) is 0 Å². The monoisotopic (exact) mass is 267 g/mol. The van der Waals surface area contributed by atoms with Gasteiger partial charge in [-0.3, -0.25) is 4.99 Å². The first-order valence-electron chi connectivity index (χ1n) is 6.60. The van der Waals surface area contributed by atoms with Crippen LogP contribution in [0.25, 0.3) is 0 Å². The first-order chi connectivity index (χ1) is 8.72. The summed E-state index contributed by atoms with van der Waals surface area (Å²) in [5.41, 5.74) is 0.919. The molecule has 4 nitrogen and oxygen atoms in total. The standard InChI is InChI=1S/C13H21N3OS/c1-4-10(5-2)12-8-15-13(18-12)14-7-11-6-9(3)16-17-11/h6,10,12H,4-5,7-8H2,1-3H3,(H,14,15). The van der Waals surface area contributed by atoms with Crippen molar-refractivity contribution in [2.24, 2.45) is 10.9 Å². The number of hydrogen-bond acceptors (Lipinski definition) is 5. The summed E-state index contributed by atoms with van der Waals surface area (Å²) < 4.78 is 5.16. The third-order valence-corrected chi connectivity index (χ3v) is 4.68. The summed E-state index contributed by atoms with van der Waals surface area (Å²) in [6.45, 7) is 8.06. The molecule has 0 radical (unpaired) electrons. The predicted octanol–water partition coefficient (Wildman–Crippen LogP) is 2.98. The van der Waals surface area contributed by atoms with E-state index in [1.54, 1.807) is 0 Å². The summed E-state index contributed by atoms with van der Waals surface area (Å²) in [6.07, 6.45) is 2.47. The highest BCUT2D eigenvalue weighted by molar-refractivity contribution is 8.14. The van der Waals surface area contributed by atoms with Gasteiger partial charge >= 0.3 is 0 Å². The minimum Gasteiger partial charge on any atom is -0.359 e. The van der Waals surface area contributed by atoms with E-state index in [0.29, 0.717) is 11.8 Å². The molecular formula is C13H21N3OS. The van der Waals surface area contributed by atoms with Crippen molar-refractivity contribution in [1.82, 2.24) is 10.5 Å². The number of aromatic nitrogens is 1. The van der Waals surface area contributed by atoms with Crippen LogP contribution >= 0.6 is 11.8 Å². The fourth-order valence-corrected chi connectivity index (χ4v) is 3.53. The molecule has 2 heterocycles. The van der Waals surface area contributed by atoms with Gasteiger partial charge in [-0.1, -0.05) is 43.6 Å². The summed E-state index contributed by atoms with van der Waals surface area (Å²) in [6, 6.07) is 1.95. The molecule has 0 fully saturated rings. The van der Waals surface area contributed by atoms with Crippen LogP contribution in [-0.4, -0.2) is 22.1 Å². The number of nitrogens with one attached hydrogen (secondary N) is 1. The van der Waals surface area contributed by atoms with Crippen molar-refractivity contribution in [3.8, 4) is 0 Å². The average molecular weight is 267 g/mol. The van der Waals surface area contributed by atoms with Crippen molar-refractivity contribution in [2.45, 2.75) is 45.4 Å². The van der Waals surface area contributed by atoms with Crippen LogP contribution in [0.5, 0.6) is 0 Å². The Balaban J connectivity index is 1.79. The molecule has 2 rings (SSSR count). The average Bonchev–Trinajstić information content (AvgIpc) is 2.98. The van der Waals surface area contributed by atoms with Crippen molar-refractivity contribution in [2.75, 3.05) is 6.54 Å². The predicted molar refractivity (Wildman–Crippen MR) is 75.8 cm³/mol. The van der Waals surface area contributed by atoms with Gasteiger partial charge in [-0.25, -0.2) is 0 Å². The zero-order valence-electron chi connectivity index (χ0n) is 11.3. The van der Waals surface area contributed by atoms with Crippen LogP contribution in [0.4, 0.5) is 0 Å². The lowest BCUT2D eigenvalue weighted by Crippen LogP contribution is -2.21. The Morgan fingerprint density at radius 3 is 2.89 bits per heavy atom. The zero-order valence-corrected chi connectivity index (χ0v) is 12.1. The third-order valence-electron chi connectivity index (χ3n) is 3.34. The van der Waals surface area contributed by atoms with Crippen LogP contribution in [0.15, 0.2) is 15.6 Å². The molecule has 1 aromatic rings. The van der Waals surface area contributed by atoms with Gasteiger partial charge in [0, 0.05) is 11.3 Å². The highest BCUT2D eigenvalue weighted by Crippen LogP contribution is 2.30. The van der Waals surface area contributed by atoms with Crippen LogP contribution in [0.1, 0.15) is 38.1 Å². The first kappa shape index (κ1) is 13.5. The van der Waals surface area contributed by atoms with Crippen molar-refractivity contribution < 1.29 is 4.52 Å². The maximum Gasteiger partial charge on any atom is 0.157 e. The van der Waals surface area contributed by atoms with Gasteiger partial charge < -0.3 is 9.84 Å². The Hall–Kier alpha value is -0.970. The Morgan fingerprint density at radius 2 is 2.28 bits per heavy atom. The Kier molecular flexibility index (Phi) is 4.69. The minimum atomic E-state index is 0.638. The molecule has 0 aromatic carbocycles. The molecule has 100 valence electrons. The topological polar surface area (TPSA) is 50.4 Å². The lowest BCUT2D eigenvalue weighted by atomic mass is 9.99. The van der Waals surface area contributed by atoms with Gasteiger partial charge in [0.1, 0.15) is 0 Å². The van der Waals surface area contributed by atoms with Gasteiger partial charge in [0.25, 0.3) is 0 Å². The maximum atomic E-state index is 5.16. The number of aryl methyl sites for hydroxylation is 1. The van der Waals surface area contributed by atoms with E-state index in [9.17, 15) is 0 Å². The van der Waals surface area contributed by atoms with Gasteiger partial charge in [-0.15, -0.1) is 0 Å². The maximum absolute atomic E-state index is 5.16. The molecule has 1 aliphatic rings. The molecule has 0 spiro atoms. The number of amidine groups is 1. The second-order valence-electron chi connectivity index (χ2n) is 4.67. The van der Waals surface area contributed by atoms with Crippen LogP contribution in [0, 0.1) is 12.8 Å².